The first kappa shape index (κ1) is 21.4. The molecule has 150 valence electrons. The van der Waals surface area contributed by atoms with Crippen LogP contribution in [0.15, 0.2) is 91.0 Å². The Morgan fingerprint density at radius 3 is 1.62 bits per heavy atom. The topological polar surface area (TPSA) is 63.3 Å². The van der Waals surface area contributed by atoms with E-state index in [1.165, 1.54) is 15.6 Å². The Morgan fingerprint density at radius 2 is 1.24 bits per heavy atom. The smallest absolute Gasteiger partial charge is 0.321 e. The lowest BCUT2D eigenvalue weighted by Crippen LogP contribution is -2.67. The fourth-order valence-corrected chi connectivity index (χ4v) is 9.85. The van der Waals surface area contributed by atoms with E-state index in [1.807, 2.05) is 0 Å². The van der Waals surface area contributed by atoms with Gasteiger partial charge < -0.3 is 10.8 Å². The standard InChI is InChI=1S/C24H27NO2SSi/c25-23(24(26)27)19-28-17-10-18-29(20-11-4-1-5-12-20,21-13-6-2-7-14-21)22-15-8-3-9-16-22/h1-9,11-16,23H,10,17-19,25H2,(H,26,27). The summed E-state index contributed by atoms with van der Waals surface area (Å²) in [5, 5.41) is 13.2. The molecule has 3 aromatic carbocycles. The second-order valence-electron chi connectivity index (χ2n) is 7.13. The van der Waals surface area contributed by atoms with Crippen molar-refractivity contribution in [3.05, 3.63) is 91.0 Å². The van der Waals surface area contributed by atoms with Gasteiger partial charge in [0.25, 0.3) is 0 Å². The van der Waals surface area contributed by atoms with Crippen molar-refractivity contribution < 1.29 is 9.90 Å². The Kier molecular flexibility index (Phi) is 7.69. The van der Waals surface area contributed by atoms with Gasteiger partial charge in [0, 0.05) is 5.75 Å². The third-order valence-electron chi connectivity index (χ3n) is 5.25. The molecule has 29 heavy (non-hydrogen) atoms. The quantitative estimate of drug-likeness (QED) is 0.300. The van der Waals surface area contributed by atoms with Gasteiger partial charge >= 0.3 is 5.97 Å². The molecule has 0 saturated carbocycles. The predicted molar refractivity (Wildman–Crippen MR) is 126 cm³/mol. The number of carbonyl (C=O) groups is 1. The molecule has 0 saturated heterocycles. The van der Waals surface area contributed by atoms with Gasteiger partial charge in [0.2, 0.25) is 0 Å². The van der Waals surface area contributed by atoms with Crippen LogP contribution in [-0.4, -0.2) is 36.7 Å². The molecular formula is C24H27NO2SSi. The van der Waals surface area contributed by atoms with E-state index in [0.717, 1.165) is 18.2 Å². The van der Waals surface area contributed by atoms with E-state index in [-0.39, 0.29) is 0 Å². The number of nitrogens with two attached hydrogens (primary N) is 1. The first-order valence-electron chi connectivity index (χ1n) is 9.87. The molecule has 0 fully saturated rings. The molecule has 3 aromatic rings. The van der Waals surface area contributed by atoms with Crippen molar-refractivity contribution in [2.45, 2.75) is 18.5 Å². The van der Waals surface area contributed by atoms with E-state index in [4.69, 9.17) is 10.8 Å². The first-order valence-corrected chi connectivity index (χ1v) is 13.2. The molecule has 0 aliphatic rings. The van der Waals surface area contributed by atoms with Crippen molar-refractivity contribution in [3.8, 4) is 0 Å². The molecule has 3 N–H and O–H groups in total. The lowest BCUT2D eigenvalue weighted by atomic mass is 10.3. The molecule has 5 heteroatoms. The number of benzene rings is 3. The third-order valence-corrected chi connectivity index (χ3v) is 11.5. The number of carboxylic acids is 1. The zero-order chi connectivity index (χ0) is 20.5. The first-order chi connectivity index (χ1) is 14.1. The van der Waals surface area contributed by atoms with Crippen LogP contribution >= 0.6 is 11.8 Å². The summed E-state index contributed by atoms with van der Waals surface area (Å²) in [7, 11) is -2.18. The van der Waals surface area contributed by atoms with Gasteiger partial charge in [-0.2, -0.15) is 11.8 Å². The summed E-state index contributed by atoms with van der Waals surface area (Å²) in [5.74, 6) is 0.424. The highest BCUT2D eigenvalue weighted by Gasteiger charge is 2.38. The van der Waals surface area contributed by atoms with Gasteiger partial charge in [0.1, 0.15) is 14.1 Å². The molecule has 0 radical (unpaired) electrons. The zero-order valence-electron chi connectivity index (χ0n) is 16.4. The molecule has 0 aliphatic heterocycles. The summed E-state index contributed by atoms with van der Waals surface area (Å²) < 4.78 is 0. The highest BCUT2D eigenvalue weighted by atomic mass is 32.2. The van der Waals surface area contributed by atoms with Gasteiger partial charge in [-0.05, 0) is 33.8 Å². The van der Waals surface area contributed by atoms with Crippen molar-refractivity contribution in [1.82, 2.24) is 0 Å². The SMILES string of the molecule is NC(CSCCC[Si](c1ccccc1)(c1ccccc1)c1ccccc1)C(=O)O. The van der Waals surface area contributed by atoms with Crippen LogP contribution < -0.4 is 21.3 Å². The van der Waals surface area contributed by atoms with Gasteiger partial charge in [-0.15, -0.1) is 0 Å². The minimum Gasteiger partial charge on any atom is -0.480 e. The van der Waals surface area contributed by atoms with Crippen LogP contribution in [0.2, 0.25) is 6.04 Å². The Balaban J connectivity index is 1.92. The summed E-state index contributed by atoms with van der Waals surface area (Å²) in [4.78, 5) is 10.9. The molecule has 1 unspecified atom stereocenters. The van der Waals surface area contributed by atoms with Crippen LogP contribution in [-0.2, 0) is 4.79 Å². The molecule has 0 aromatic heterocycles. The van der Waals surface area contributed by atoms with Gasteiger partial charge in [-0.25, -0.2) is 0 Å². The molecule has 1 atom stereocenters. The highest BCUT2D eigenvalue weighted by molar-refractivity contribution is 7.99. The van der Waals surface area contributed by atoms with Gasteiger partial charge in [-0.3, -0.25) is 4.79 Å². The van der Waals surface area contributed by atoms with Gasteiger partial charge in [0.05, 0.1) is 0 Å². The number of carboxylic acid groups (broad SMARTS) is 1. The fourth-order valence-electron chi connectivity index (χ4n) is 3.82. The van der Waals surface area contributed by atoms with Crippen molar-refractivity contribution in [3.63, 3.8) is 0 Å². The minimum absolute atomic E-state index is 0.450. The van der Waals surface area contributed by atoms with E-state index in [1.54, 1.807) is 11.8 Å². The van der Waals surface area contributed by atoms with E-state index < -0.39 is 20.1 Å². The maximum Gasteiger partial charge on any atom is 0.321 e. The highest BCUT2D eigenvalue weighted by Crippen LogP contribution is 2.17. The molecule has 3 rings (SSSR count). The Hall–Kier alpha value is -2.34. The lowest BCUT2D eigenvalue weighted by Gasteiger charge is -2.34. The van der Waals surface area contributed by atoms with Crippen LogP contribution in [0.1, 0.15) is 6.42 Å². The van der Waals surface area contributed by atoms with Gasteiger partial charge in [-0.1, -0.05) is 91.0 Å². The van der Waals surface area contributed by atoms with E-state index >= 15 is 0 Å². The molecule has 0 amide bonds. The summed E-state index contributed by atoms with van der Waals surface area (Å²) in [6.45, 7) is 0. The van der Waals surface area contributed by atoms with Crippen LogP contribution in [0.5, 0.6) is 0 Å². The van der Waals surface area contributed by atoms with Crippen molar-refractivity contribution in [2.24, 2.45) is 5.73 Å². The molecule has 0 spiro atoms. The second kappa shape index (κ2) is 10.4. The minimum atomic E-state index is -2.18. The average Bonchev–Trinajstić information content (AvgIpc) is 2.78. The van der Waals surface area contributed by atoms with Gasteiger partial charge in [0.15, 0.2) is 0 Å². The van der Waals surface area contributed by atoms with Crippen LogP contribution in [0.4, 0.5) is 0 Å². The third kappa shape index (κ3) is 5.18. The normalized spacial score (nSPS) is 12.4. The number of thioether (sulfide) groups is 1. The van der Waals surface area contributed by atoms with E-state index in [9.17, 15) is 4.79 Å². The van der Waals surface area contributed by atoms with E-state index in [0.29, 0.717) is 5.75 Å². The van der Waals surface area contributed by atoms with Crippen molar-refractivity contribution >= 4 is 41.4 Å². The second-order valence-corrected chi connectivity index (χ2v) is 12.3. The lowest BCUT2D eigenvalue weighted by molar-refractivity contribution is -0.137. The average molecular weight is 422 g/mol. The number of aliphatic carboxylic acids is 1. The number of rotatable bonds is 10. The largest absolute Gasteiger partial charge is 0.480 e. The van der Waals surface area contributed by atoms with Crippen LogP contribution in [0.3, 0.4) is 0 Å². The summed E-state index contributed by atoms with van der Waals surface area (Å²) in [6.07, 6.45) is 1.02. The molecule has 0 heterocycles. The Morgan fingerprint density at radius 1 is 0.828 bits per heavy atom. The maximum absolute atomic E-state index is 10.9. The Labute approximate surface area is 178 Å². The summed E-state index contributed by atoms with van der Waals surface area (Å²) in [5.41, 5.74) is 5.65. The van der Waals surface area contributed by atoms with Crippen molar-refractivity contribution in [2.75, 3.05) is 11.5 Å². The summed E-state index contributed by atoms with van der Waals surface area (Å²) >= 11 is 1.63. The Bertz CT molecular complexity index is 794. The van der Waals surface area contributed by atoms with Crippen LogP contribution in [0, 0.1) is 0 Å². The maximum atomic E-state index is 10.9. The zero-order valence-corrected chi connectivity index (χ0v) is 18.2. The molecule has 3 nitrogen and oxygen atoms in total. The number of hydrogen-bond acceptors (Lipinski definition) is 3. The molecule has 0 bridgehead atoms. The predicted octanol–water partition coefficient (Wildman–Crippen LogP) is 2.69. The summed E-state index contributed by atoms with van der Waals surface area (Å²) in [6, 6.07) is 32.8. The molecular weight excluding hydrogens is 394 g/mol. The fraction of sp³-hybridized carbons (Fsp3) is 0.208. The van der Waals surface area contributed by atoms with Crippen molar-refractivity contribution in [1.29, 1.82) is 0 Å². The number of hydrogen-bond donors (Lipinski definition) is 2. The van der Waals surface area contributed by atoms with Crippen LogP contribution in [0.25, 0.3) is 0 Å². The monoisotopic (exact) mass is 421 g/mol. The molecule has 0 aliphatic carbocycles. The van der Waals surface area contributed by atoms with E-state index in [2.05, 4.69) is 91.0 Å².